The molecule has 0 unspecified atom stereocenters. The van der Waals surface area contributed by atoms with Crippen LogP contribution in [-0.4, -0.2) is 52.3 Å². The van der Waals surface area contributed by atoms with E-state index in [9.17, 15) is 18.0 Å². The van der Waals surface area contributed by atoms with Gasteiger partial charge in [-0.15, -0.1) is 0 Å². The van der Waals surface area contributed by atoms with Crippen molar-refractivity contribution in [3.8, 4) is 0 Å². The van der Waals surface area contributed by atoms with Gasteiger partial charge in [-0.2, -0.15) is 4.31 Å². The number of sulfonamides is 1. The van der Waals surface area contributed by atoms with Gasteiger partial charge in [-0.05, 0) is 39.0 Å². The highest BCUT2D eigenvalue weighted by Crippen LogP contribution is 2.31. The first-order valence-corrected chi connectivity index (χ1v) is 12.3. The van der Waals surface area contributed by atoms with E-state index in [1.807, 2.05) is 18.7 Å². The van der Waals surface area contributed by atoms with Gasteiger partial charge >= 0.3 is 0 Å². The van der Waals surface area contributed by atoms with Gasteiger partial charge in [0.05, 0.1) is 23.1 Å². The number of nitrogens with zero attached hydrogens (tertiary/aromatic N) is 3. The summed E-state index contributed by atoms with van der Waals surface area (Å²) in [5.41, 5.74) is 0.791. The molecule has 2 aliphatic rings. The SMILES string of the molecule is CCC(CC)C(=O)N1CCCC[C@@H]1c1nc2c(c(=O)[nH]1)CN(S(=O)(=O)CC)CC2. The van der Waals surface area contributed by atoms with E-state index in [1.165, 1.54) is 4.31 Å². The maximum absolute atomic E-state index is 13.0. The summed E-state index contributed by atoms with van der Waals surface area (Å²) in [6.45, 7) is 6.74. The van der Waals surface area contributed by atoms with Gasteiger partial charge in [0, 0.05) is 32.0 Å². The Morgan fingerprint density at radius 2 is 1.93 bits per heavy atom. The monoisotopic (exact) mass is 424 g/mol. The smallest absolute Gasteiger partial charge is 0.255 e. The molecule has 1 fully saturated rings. The Labute approximate surface area is 172 Å². The maximum atomic E-state index is 13.0. The molecule has 0 saturated carbocycles. The van der Waals surface area contributed by atoms with E-state index in [2.05, 4.69) is 4.98 Å². The van der Waals surface area contributed by atoms with Crippen LogP contribution in [0.4, 0.5) is 0 Å². The zero-order valence-electron chi connectivity index (χ0n) is 17.6. The first kappa shape index (κ1) is 22.0. The lowest BCUT2D eigenvalue weighted by Crippen LogP contribution is -2.44. The Morgan fingerprint density at radius 3 is 2.59 bits per heavy atom. The standard InChI is InChI=1S/C20H32N4O4S/c1-4-14(5-2)20(26)24-11-8-7-9-17(24)18-21-16-10-12-23(29(27,28)6-3)13-15(16)19(25)22-18/h14,17H,4-13H2,1-3H3,(H,21,22,25)/t17-/m1/s1. The summed E-state index contributed by atoms with van der Waals surface area (Å²) in [6.07, 6.45) is 4.74. The Morgan fingerprint density at radius 1 is 1.21 bits per heavy atom. The number of piperidine rings is 1. The van der Waals surface area contributed by atoms with Crippen molar-refractivity contribution in [1.29, 1.82) is 0 Å². The van der Waals surface area contributed by atoms with E-state index >= 15 is 0 Å². The Balaban J connectivity index is 1.91. The van der Waals surface area contributed by atoms with E-state index in [-0.39, 0.29) is 35.7 Å². The molecule has 0 radical (unpaired) electrons. The Bertz CT molecular complexity index is 908. The van der Waals surface area contributed by atoms with Crippen molar-refractivity contribution in [3.05, 3.63) is 27.4 Å². The van der Waals surface area contributed by atoms with Crippen molar-refractivity contribution < 1.29 is 13.2 Å². The summed E-state index contributed by atoms with van der Waals surface area (Å²) in [7, 11) is -3.35. The van der Waals surface area contributed by atoms with Crippen molar-refractivity contribution in [2.24, 2.45) is 5.92 Å². The van der Waals surface area contributed by atoms with Gasteiger partial charge in [0.25, 0.3) is 5.56 Å². The lowest BCUT2D eigenvalue weighted by molar-refractivity contribution is -0.140. The van der Waals surface area contributed by atoms with Crippen LogP contribution in [0.5, 0.6) is 0 Å². The van der Waals surface area contributed by atoms with Gasteiger partial charge < -0.3 is 9.88 Å². The molecule has 1 aromatic rings. The summed E-state index contributed by atoms with van der Waals surface area (Å²) >= 11 is 0. The Kier molecular flexibility index (Phi) is 6.78. The minimum atomic E-state index is -3.35. The molecule has 3 rings (SSSR count). The van der Waals surface area contributed by atoms with Crippen LogP contribution in [-0.2, 0) is 27.8 Å². The van der Waals surface area contributed by atoms with Gasteiger partial charge in [-0.1, -0.05) is 13.8 Å². The molecule has 0 spiro atoms. The molecule has 0 aromatic carbocycles. The van der Waals surface area contributed by atoms with E-state index in [0.29, 0.717) is 36.6 Å². The third-order valence-corrected chi connectivity index (χ3v) is 8.07. The van der Waals surface area contributed by atoms with E-state index in [0.717, 1.165) is 32.1 Å². The number of amides is 1. The summed E-state index contributed by atoms with van der Waals surface area (Å²) in [4.78, 5) is 35.3. The van der Waals surface area contributed by atoms with Gasteiger partial charge in [0.2, 0.25) is 15.9 Å². The van der Waals surface area contributed by atoms with Crippen molar-refractivity contribution in [1.82, 2.24) is 19.2 Å². The van der Waals surface area contributed by atoms with Crippen LogP contribution < -0.4 is 5.56 Å². The molecule has 9 heteroatoms. The molecule has 1 saturated heterocycles. The summed E-state index contributed by atoms with van der Waals surface area (Å²) in [5.74, 6) is 0.689. The minimum Gasteiger partial charge on any atom is -0.332 e. The highest BCUT2D eigenvalue weighted by atomic mass is 32.2. The average Bonchev–Trinajstić information content (AvgIpc) is 2.74. The molecule has 0 bridgehead atoms. The largest absolute Gasteiger partial charge is 0.332 e. The summed E-state index contributed by atoms with van der Waals surface area (Å²) in [5, 5.41) is 0. The molecule has 1 amide bonds. The van der Waals surface area contributed by atoms with Crippen molar-refractivity contribution >= 4 is 15.9 Å². The number of H-pyrrole nitrogens is 1. The molecule has 8 nitrogen and oxygen atoms in total. The van der Waals surface area contributed by atoms with Crippen molar-refractivity contribution in [2.45, 2.75) is 71.9 Å². The maximum Gasteiger partial charge on any atom is 0.255 e. The third-order valence-electron chi connectivity index (χ3n) is 6.25. The molecule has 29 heavy (non-hydrogen) atoms. The van der Waals surface area contributed by atoms with E-state index in [4.69, 9.17) is 4.98 Å². The lowest BCUT2D eigenvalue weighted by Gasteiger charge is -2.37. The van der Waals surface area contributed by atoms with Crippen LogP contribution in [0.15, 0.2) is 4.79 Å². The molecule has 1 aromatic heterocycles. The highest BCUT2D eigenvalue weighted by molar-refractivity contribution is 7.89. The number of carbonyl (C=O) groups is 1. The molecule has 0 aliphatic carbocycles. The highest BCUT2D eigenvalue weighted by Gasteiger charge is 2.34. The molecular formula is C20H32N4O4S. The third kappa shape index (κ3) is 4.40. The average molecular weight is 425 g/mol. The van der Waals surface area contributed by atoms with Gasteiger partial charge in [0.15, 0.2) is 0 Å². The van der Waals surface area contributed by atoms with Crippen LogP contribution in [0.3, 0.4) is 0 Å². The second kappa shape index (κ2) is 8.95. The van der Waals surface area contributed by atoms with Crippen LogP contribution in [0.1, 0.15) is 76.0 Å². The fourth-order valence-corrected chi connectivity index (χ4v) is 5.41. The lowest BCUT2D eigenvalue weighted by atomic mass is 9.95. The molecule has 1 atom stereocenters. The molecule has 2 aliphatic heterocycles. The fraction of sp³-hybridized carbons (Fsp3) is 0.750. The van der Waals surface area contributed by atoms with Crippen molar-refractivity contribution in [3.63, 3.8) is 0 Å². The predicted molar refractivity (Wildman–Crippen MR) is 111 cm³/mol. The van der Waals surface area contributed by atoms with Crippen LogP contribution >= 0.6 is 0 Å². The van der Waals surface area contributed by atoms with Crippen molar-refractivity contribution in [2.75, 3.05) is 18.8 Å². The number of hydrogen-bond acceptors (Lipinski definition) is 5. The molecule has 1 N–H and O–H groups in total. The minimum absolute atomic E-state index is 0.00671. The first-order chi connectivity index (χ1) is 13.8. The fourth-order valence-electron chi connectivity index (χ4n) is 4.35. The first-order valence-electron chi connectivity index (χ1n) is 10.7. The number of hydrogen-bond donors (Lipinski definition) is 1. The number of aromatic amines is 1. The summed E-state index contributed by atoms with van der Waals surface area (Å²) in [6, 6.07) is -0.216. The normalized spacial score (nSPS) is 20.7. The van der Waals surface area contributed by atoms with E-state index < -0.39 is 10.0 Å². The second-order valence-corrected chi connectivity index (χ2v) is 10.2. The zero-order valence-corrected chi connectivity index (χ0v) is 18.4. The molecule has 162 valence electrons. The quantitative estimate of drug-likeness (QED) is 0.752. The van der Waals surface area contributed by atoms with Gasteiger partial charge in [0.1, 0.15) is 5.82 Å². The number of nitrogens with one attached hydrogen (secondary N) is 1. The van der Waals surface area contributed by atoms with Gasteiger partial charge in [-0.3, -0.25) is 9.59 Å². The van der Waals surface area contributed by atoms with Crippen LogP contribution in [0.2, 0.25) is 0 Å². The van der Waals surface area contributed by atoms with Gasteiger partial charge in [-0.25, -0.2) is 13.4 Å². The molecule has 3 heterocycles. The zero-order chi connectivity index (χ0) is 21.2. The van der Waals surface area contributed by atoms with Crippen LogP contribution in [0.25, 0.3) is 0 Å². The summed E-state index contributed by atoms with van der Waals surface area (Å²) < 4.78 is 25.7. The van der Waals surface area contributed by atoms with Crippen LogP contribution in [0, 0.1) is 5.92 Å². The number of fused-ring (bicyclic) bond motifs is 1. The number of aromatic nitrogens is 2. The Hall–Kier alpha value is -1.74. The second-order valence-electron chi connectivity index (χ2n) is 7.92. The predicted octanol–water partition coefficient (Wildman–Crippen LogP) is 1.97. The van der Waals surface area contributed by atoms with E-state index in [1.54, 1.807) is 6.92 Å². The number of carbonyl (C=O) groups excluding carboxylic acids is 1. The molecular weight excluding hydrogens is 392 g/mol. The number of likely N-dealkylation sites (tertiary alicyclic amines) is 1. The number of rotatable bonds is 6. The topological polar surface area (TPSA) is 103 Å².